The number of carbonyl (C=O) groups excluding carboxylic acids is 1. The predicted molar refractivity (Wildman–Crippen MR) is 72.6 cm³/mol. The van der Waals surface area contributed by atoms with Crippen LogP contribution in [0, 0.1) is 5.82 Å². The van der Waals surface area contributed by atoms with E-state index in [1.54, 1.807) is 17.0 Å². The molecular weight excluding hydrogens is 247 g/mol. The van der Waals surface area contributed by atoms with Crippen molar-refractivity contribution in [1.82, 2.24) is 10.2 Å². The highest BCUT2D eigenvalue weighted by Crippen LogP contribution is 2.17. The van der Waals surface area contributed by atoms with Crippen LogP contribution in [0.1, 0.15) is 19.4 Å². The van der Waals surface area contributed by atoms with Crippen LogP contribution < -0.4 is 10.1 Å². The van der Waals surface area contributed by atoms with Crippen molar-refractivity contribution in [3.63, 3.8) is 0 Å². The fraction of sp³-hybridized carbons (Fsp3) is 0.500. The van der Waals surface area contributed by atoms with Crippen LogP contribution in [-0.2, 0) is 11.3 Å². The maximum atomic E-state index is 13.4. The van der Waals surface area contributed by atoms with Crippen molar-refractivity contribution in [2.24, 2.45) is 0 Å². The number of ether oxygens (including phenoxy) is 1. The number of nitrogens with one attached hydrogen (secondary N) is 1. The Hall–Kier alpha value is -1.62. The number of hydrogen-bond donors (Lipinski definition) is 1. The number of nitrogens with zero attached hydrogens (tertiary/aromatic N) is 1. The molecule has 0 saturated heterocycles. The molecule has 0 fully saturated rings. The summed E-state index contributed by atoms with van der Waals surface area (Å²) in [5.41, 5.74) is 0.783. The zero-order chi connectivity index (χ0) is 14.3. The van der Waals surface area contributed by atoms with Crippen molar-refractivity contribution in [2.45, 2.75) is 20.4 Å². The minimum Gasteiger partial charge on any atom is -0.494 e. The molecule has 5 heteroatoms. The molecule has 0 atom stereocenters. The number of methoxy groups -OCH3 is 1. The fourth-order valence-corrected chi connectivity index (χ4v) is 1.82. The van der Waals surface area contributed by atoms with Gasteiger partial charge in [-0.05, 0) is 31.5 Å². The van der Waals surface area contributed by atoms with Crippen molar-refractivity contribution in [3.05, 3.63) is 29.6 Å². The molecule has 1 N–H and O–H groups in total. The first-order valence-corrected chi connectivity index (χ1v) is 6.43. The van der Waals surface area contributed by atoms with Crippen LogP contribution in [0.3, 0.4) is 0 Å². The lowest BCUT2D eigenvalue weighted by Crippen LogP contribution is -2.37. The Bertz CT molecular complexity index is 420. The van der Waals surface area contributed by atoms with E-state index < -0.39 is 5.82 Å². The molecule has 19 heavy (non-hydrogen) atoms. The molecule has 1 amide bonds. The molecule has 0 aliphatic rings. The second-order valence-corrected chi connectivity index (χ2v) is 4.14. The van der Waals surface area contributed by atoms with Gasteiger partial charge in [0.25, 0.3) is 0 Å². The smallest absolute Gasteiger partial charge is 0.236 e. The third-order valence-electron chi connectivity index (χ3n) is 2.94. The van der Waals surface area contributed by atoms with Gasteiger partial charge in [-0.25, -0.2) is 4.39 Å². The van der Waals surface area contributed by atoms with E-state index in [0.29, 0.717) is 19.6 Å². The lowest BCUT2D eigenvalue weighted by Gasteiger charge is -2.18. The zero-order valence-electron chi connectivity index (χ0n) is 11.7. The summed E-state index contributed by atoms with van der Waals surface area (Å²) in [5, 5.41) is 3.02. The quantitative estimate of drug-likeness (QED) is 0.820. The van der Waals surface area contributed by atoms with E-state index in [4.69, 9.17) is 4.74 Å². The van der Waals surface area contributed by atoms with Crippen LogP contribution in [0.5, 0.6) is 5.75 Å². The summed E-state index contributed by atoms with van der Waals surface area (Å²) in [6.07, 6.45) is 0. The third kappa shape index (κ3) is 4.52. The number of halogens is 1. The van der Waals surface area contributed by atoms with Gasteiger partial charge in [0.1, 0.15) is 0 Å². The van der Waals surface area contributed by atoms with Crippen LogP contribution in [-0.4, -0.2) is 37.6 Å². The second-order valence-electron chi connectivity index (χ2n) is 4.14. The first-order chi connectivity index (χ1) is 9.12. The maximum Gasteiger partial charge on any atom is 0.236 e. The molecule has 4 nitrogen and oxygen atoms in total. The normalized spacial score (nSPS) is 10.3. The summed E-state index contributed by atoms with van der Waals surface area (Å²) in [4.78, 5) is 13.5. The van der Waals surface area contributed by atoms with E-state index in [0.717, 1.165) is 5.56 Å². The van der Waals surface area contributed by atoms with Crippen LogP contribution in [0.15, 0.2) is 18.2 Å². The maximum absolute atomic E-state index is 13.4. The Balaban J connectivity index is 2.45. The Kier molecular flexibility index (Phi) is 6.29. The molecule has 0 aliphatic heterocycles. The largest absolute Gasteiger partial charge is 0.494 e. The Morgan fingerprint density at radius 1 is 1.37 bits per heavy atom. The molecule has 0 aromatic heterocycles. The van der Waals surface area contributed by atoms with Crippen LogP contribution in [0.2, 0.25) is 0 Å². The van der Waals surface area contributed by atoms with Gasteiger partial charge in [0.05, 0.1) is 13.7 Å². The molecule has 0 heterocycles. The first kappa shape index (κ1) is 15.4. The summed E-state index contributed by atoms with van der Waals surface area (Å²) < 4.78 is 18.3. The average molecular weight is 268 g/mol. The Labute approximate surface area is 113 Å². The van der Waals surface area contributed by atoms with Crippen LogP contribution >= 0.6 is 0 Å². The van der Waals surface area contributed by atoms with Crippen molar-refractivity contribution >= 4 is 5.91 Å². The van der Waals surface area contributed by atoms with E-state index in [1.807, 2.05) is 13.8 Å². The number of likely N-dealkylation sites (N-methyl/N-ethyl adjacent to an activating group) is 1. The standard InChI is InChI=1S/C14H21FN2O2/c1-4-17(5-2)14(18)10-16-9-11-6-7-13(19-3)12(15)8-11/h6-8,16H,4-5,9-10H2,1-3H3. The summed E-state index contributed by atoms with van der Waals surface area (Å²) in [7, 11) is 1.43. The van der Waals surface area contributed by atoms with Gasteiger partial charge in [0.15, 0.2) is 11.6 Å². The lowest BCUT2D eigenvalue weighted by atomic mass is 10.2. The zero-order valence-corrected chi connectivity index (χ0v) is 11.7. The molecule has 0 bridgehead atoms. The molecule has 0 saturated carbocycles. The van der Waals surface area contributed by atoms with E-state index in [1.165, 1.54) is 13.2 Å². The predicted octanol–water partition coefficient (Wildman–Crippen LogP) is 1.79. The van der Waals surface area contributed by atoms with E-state index in [2.05, 4.69) is 5.32 Å². The molecule has 0 spiro atoms. The molecule has 0 unspecified atom stereocenters. The van der Waals surface area contributed by atoms with Gasteiger partial charge in [0, 0.05) is 19.6 Å². The van der Waals surface area contributed by atoms with E-state index in [-0.39, 0.29) is 18.2 Å². The highest BCUT2D eigenvalue weighted by Gasteiger charge is 2.09. The SMILES string of the molecule is CCN(CC)C(=O)CNCc1ccc(OC)c(F)c1. The monoisotopic (exact) mass is 268 g/mol. The molecular formula is C14H21FN2O2. The number of amides is 1. The van der Waals surface area contributed by atoms with Gasteiger partial charge in [-0.3, -0.25) is 4.79 Å². The van der Waals surface area contributed by atoms with Crippen molar-refractivity contribution in [1.29, 1.82) is 0 Å². The van der Waals surface area contributed by atoms with Crippen molar-refractivity contribution < 1.29 is 13.9 Å². The minimum atomic E-state index is -0.392. The Morgan fingerprint density at radius 3 is 2.58 bits per heavy atom. The lowest BCUT2D eigenvalue weighted by molar-refractivity contribution is -0.129. The van der Waals surface area contributed by atoms with Crippen LogP contribution in [0.25, 0.3) is 0 Å². The molecule has 0 aliphatic carbocycles. The third-order valence-corrected chi connectivity index (χ3v) is 2.94. The van der Waals surface area contributed by atoms with Gasteiger partial charge in [-0.2, -0.15) is 0 Å². The molecule has 0 radical (unpaired) electrons. The summed E-state index contributed by atoms with van der Waals surface area (Å²) in [6.45, 7) is 6.01. The van der Waals surface area contributed by atoms with Gasteiger partial charge < -0.3 is 15.0 Å². The van der Waals surface area contributed by atoms with Gasteiger partial charge in [-0.1, -0.05) is 6.07 Å². The molecule has 106 valence electrons. The first-order valence-electron chi connectivity index (χ1n) is 6.43. The Morgan fingerprint density at radius 2 is 2.05 bits per heavy atom. The number of carbonyl (C=O) groups is 1. The van der Waals surface area contributed by atoms with Gasteiger partial charge >= 0.3 is 0 Å². The van der Waals surface area contributed by atoms with Crippen LogP contribution in [0.4, 0.5) is 4.39 Å². The van der Waals surface area contributed by atoms with Crippen molar-refractivity contribution in [3.8, 4) is 5.75 Å². The number of rotatable bonds is 7. The minimum absolute atomic E-state index is 0.0546. The van der Waals surface area contributed by atoms with E-state index >= 15 is 0 Å². The molecule has 1 rings (SSSR count). The number of hydrogen-bond acceptors (Lipinski definition) is 3. The fourth-order valence-electron chi connectivity index (χ4n) is 1.82. The summed E-state index contributed by atoms with van der Waals surface area (Å²) >= 11 is 0. The highest BCUT2D eigenvalue weighted by atomic mass is 19.1. The summed E-state index contributed by atoms with van der Waals surface area (Å²) in [5.74, 6) is -0.112. The highest BCUT2D eigenvalue weighted by molar-refractivity contribution is 5.78. The van der Waals surface area contributed by atoms with Gasteiger partial charge in [0.2, 0.25) is 5.91 Å². The average Bonchev–Trinajstić information content (AvgIpc) is 2.40. The molecule has 1 aromatic carbocycles. The molecule has 1 aromatic rings. The number of benzene rings is 1. The van der Waals surface area contributed by atoms with E-state index in [9.17, 15) is 9.18 Å². The van der Waals surface area contributed by atoms with Gasteiger partial charge in [-0.15, -0.1) is 0 Å². The summed E-state index contributed by atoms with van der Waals surface area (Å²) in [6, 6.07) is 4.77. The second kappa shape index (κ2) is 7.74. The van der Waals surface area contributed by atoms with Crippen molar-refractivity contribution in [2.75, 3.05) is 26.7 Å². The topological polar surface area (TPSA) is 41.6 Å².